The highest BCUT2D eigenvalue weighted by atomic mass is 16.5. The minimum Gasteiger partial charge on any atom is -0.483 e. The maximum atomic E-state index is 12.4. The smallest absolute Gasteiger partial charge is 0.259 e. The molecular formula is C19H21N3O3. The summed E-state index contributed by atoms with van der Waals surface area (Å²) in [6, 6.07) is 14.9. The van der Waals surface area contributed by atoms with Crippen LogP contribution in [0, 0.1) is 0 Å². The highest BCUT2D eigenvalue weighted by Gasteiger charge is 2.30. The Morgan fingerprint density at radius 3 is 2.60 bits per heavy atom. The van der Waals surface area contributed by atoms with E-state index in [1.54, 1.807) is 26.2 Å². The molecule has 0 spiro atoms. The van der Waals surface area contributed by atoms with Crippen molar-refractivity contribution in [3.8, 4) is 5.75 Å². The van der Waals surface area contributed by atoms with Crippen molar-refractivity contribution in [2.75, 3.05) is 32.6 Å². The molecule has 0 aliphatic carbocycles. The normalized spacial score (nSPS) is 16.0. The summed E-state index contributed by atoms with van der Waals surface area (Å²) in [6.45, 7) is -0.0506. The number of amides is 2. The number of para-hydroxylation sites is 2. The summed E-state index contributed by atoms with van der Waals surface area (Å²) in [7, 11) is 5.29. The zero-order valence-corrected chi connectivity index (χ0v) is 14.5. The third kappa shape index (κ3) is 3.28. The number of fused-ring (bicyclic) bond motifs is 1. The van der Waals surface area contributed by atoms with E-state index in [0.29, 0.717) is 11.3 Å². The Hall–Kier alpha value is -3.02. The maximum absolute atomic E-state index is 12.4. The van der Waals surface area contributed by atoms with Crippen LogP contribution in [0.1, 0.15) is 22.1 Å². The number of nitrogens with one attached hydrogen (secondary N) is 1. The molecule has 25 heavy (non-hydrogen) atoms. The van der Waals surface area contributed by atoms with Gasteiger partial charge >= 0.3 is 0 Å². The van der Waals surface area contributed by atoms with Gasteiger partial charge in [-0.2, -0.15) is 0 Å². The van der Waals surface area contributed by atoms with E-state index < -0.39 is 0 Å². The second-order valence-corrected chi connectivity index (χ2v) is 6.12. The molecule has 130 valence electrons. The molecule has 0 fully saturated rings. The number of carbonyl (C=O) groups excluding carboxylic acids is 2. The fraction of sp³-hybridized carbons (Fsp3) is 0.263. The lowest BCUT2D eigenvalue weighted by molar-refractivity contribution is -0.130. The molecule has 0 bridgehead atoms. The molecule has 1 unspecified atom stereocenters. The minimum absolute atomic E-state index is 0.0506. The van der Waals surface area contributed by atoms with Gasteiger partial charge in [-0.15, -0.1) is 0 Å². The predicted octanol–water partition coefficient (Wildman–Crippen LogP) is 2.03. The molecule has 6 nitrogen and oxygen atoms in total. The van der Waals surface area contributed by atoms with Crippen molar-refractivity contribution in [2.45, 2.75) is 6.17 Å². The quantitative estimate of drug-likeness (QED) is 0.926. The van der Waals surface area contributed by atoms with Crippen LogP contribution < -0.4 is 15.0 Å². The van der Waals surface area contributed by atoms with Crippen LogP contribution in [0.2, 0.25) is 0 Å². The lowest BCUT2D eigenvalue weighted by Gasteiger charge is -2.37. The number of hydrogen-bond donors (Lipinski definition) is 1. The molecule has 2 aromatic carbocycles. The first-order valence-electron chi connectivity index (χ1n) is 8.03. The SMILES string of the molecule is CN(C)C(=O)COc1ccccc1C1NC(=O)c2ccccc2N1C. The van der Waals surface area contributed by atoms with Gasteiger partial charge in [0, 0.05) is 26.7 Å². The Bertz CT molecular complexity index is 804. The van der Waals surface area contributed by atoms with Crippen molar-refractivity contribution in [3.05, 3.63) is 59.7 Å². The van der Waals surface area contributed by atoms with Gasteiger partial charge in [-0.05, 0) is 18.2 Å². The van der Waals surface area contributed by atoms with Crippen molar-refractivity contribution < 1.29 is 14.3 Å². The molecule has 2 aromatic rings. The van der Waals surface area contributed by atoms with E-state index in [1.165, 1.54) is 4.90 Å². The van der Waals surface area contributed by atoms with Crippen LogP contribution in [0.5, 0.6) is 5.75 Å². The van der Waals surface area contributed by atoms with Crippen LogP contribution in [0.25, 0.3) is 0 Å². The monoisotopic (exact) mass is 339 g/mol. The molecule has 1 aliphatic rings. The Kier molecular flexibility index (Phi) is 4.61. The number of likely N-dealkylation sites (N-methyl/N-ethyl adjacent to an activating group) is 1. The summed E-state index contributed by atoms with van der Waals surface area (Å²) in [4.78, 5) is 27.7. The summed E-state index contributed by atoms with van der Waals surface area (Å²) in [5.74, 6) is 0.327. The number of anilines is 1. The van der Waals surface area contributed by atoms with Gasteiger partial charge in [0.05, 0.1) is 11.3 Å². The molecule has 0 radical (unpaired) electrons. The van der Waals surface area contributed by atoms with E-state index in [0.717, 1.165) is 11.3 Å². The van der Waals surface area contributed by atoms with Gasteiger partial charge in [-0.25, -0.2) is 0 Å². The second-order valence-electron chi connectivity index (χ2n) is 6.12. The molecule has 1 aliphatic heterocycles. The highest BCUT2D eigenvalue weighted by molar-refractivity contribution is 6.02. The van der Waals surface area contributed by atoms with Gasteiger partial charge in [0.25, 0.3) is 11.8 Å². The van der Waals surface area contributed by atoms with Crippen LogP contribution in [0.3, 0.4) is 0 Å². The van der Waals surface area contributed by atoms with Crippen molar-refractivity contribution in [1.82, 2.24) is 10.2 Å². The summed E-state index contributed by atoms with van der Waals surface area (Å²) in [5, 5.41) is 3.00. The molecular weight excluding hydrogens is 318 g/mol. The topological polar surface area (TPSA) is 61.9 Å². The number of carbonyl (C=O) groups is 2. The largest absolute Gasteiger partial charge is 0.483 e. The zero-order valence-electron chi connectivity index (χ0n) is 14.5. The Balaban J connectivity index is 1.90. The summed E-state index contributed by atoms with van der Waals surface area (Å²) in [6.07, 6.45) is -0.368. The van der Waals surface area contributed by atoms with E-state index >= 15 is 0 Å². The van der Waals surface area contributed by atoms with E-state index in [-0.39, 0.29) is 24.6 Å². The molecule has 2 amide bonds. The molecule has 6 heteroatoms. The van der Waals surface area contributed by atoms with Crippen molar-refractivity contribution in [2.24, 2.45) is 0 Å². The first-order valence-corrected chi connectivity index (χ1v) is 8.03. The van der Waals surface area contributed by atoms with Crippen LogP contribution in [-0.2, 0) is 4.79 Å². The van der Waals surface area contributed by atoms with Gasteiger partial charge in [0.15, 0.2) is 6.61 Å². The molecule has 0 aromatic heterocycles. The molecule has 0 saturated carbocycles. The molecule has 3 rings (SSSR count). The Labute approximate surface area is 147 Å². The van der Waals surface area contributed by atoms with Gasteiger partial charge in [0.1, 0.15) is 11.9 Å². The number of rotatable bonds is 4. The minimum atomic E-state index is -0.368. The first kappa shape index (κ1) is 16.8. The Morgan fingerprint density at radius 1 is 1.16 bits per heavy atom. The van der Waals surface area contributed by atoms with Gasteiger partial charge in [0.2, 0.25) is 0 Å². The molecule has 1 N–H and O–H groups in total. The average Bonchev–Trinajstić information content (AvgIpc) is 2.63. The van der Waals surface area contributed by atoms with E-state index in [2.05, 4.69) is 5.32 Å². The van der Waals surface area contributed by atoms with Crippen molar-refractivity contribution >= 4 is 17.5 Å². The predicted molar refractivity (Wildman–Crippen MR) is 95.7 cm³/mol. The number of ether oxygens (including phenoxy) is 1. The highest BCUT2D eigenvalue weighted by Crippen LogP contribution is 2.35. The summed E-state index contributed by atoms with van der Waals surface area (Å²) >= 11 is 0. The fourth-order valence-electron chi connectivity index (χ4n) is 2.80. The first-order chi connectivity index (χ1) is 12.0. The second kappa shape index (κ2) is 6.84. The summed E-state index contributed by atoms with van der Waals surface area (Å²) in [5.41, 5.74) is 2.30. The molecule has 1 atom stereocenters. The van der Waals surface area contributed by atoms with Gasteiger partial charge < -0.3 is 19.9 Å². The number of benzene rings is 2. The van der Waals surface area contributed by atoms with Gasteiger partial charge in [-0.1, -0.05) is 30.3 Å². The van der Waals surface area contributed by atoms with Crippen LogP contribution in [-0.4, -0.2) is 44.5 Å². The van der Waals surface area contributed by atoms with E-state index in [4.69, 9.17) is 4.74 Å². The number of nitrogens with zero attached hydrogens (tertiary/aromatic N) is 2. The van der Waals surface area contributed by atoms with E-state index in [1.807, 2.05) is 48.3 Å². The lowest BCUT2D eigenvalue weighted by Crippen LogP contribution is -2.44. The fourth-order valence-corrected chi connectivity index (χ4v) is 2.80. The number of hydrogen-bond acceptors (Lipinski definition) is 4. The van der Waals surface area contributed by atoms with Crippen LogP contribution in [0.15, 0.2) is 48.5 Å². The molecule has 1 heterocycles. The van der Waals surface area contributed by atoms with Crippen LogP contribution in [0.4, 0.5) is 5.69 Å². The maximum Gasteiger partial charge on any atom is 0.259 e. The zero-order chi connectivity index (χ0) is 18.0. The van der Waals surface area contributed by atoms with Gasteiger partial charge in [-0.3, -0.25) is 9.59 Å². The third-order valence-electron chi connectivity index (χ3n) is 4.25. The summed E-state index contributed by atoms with van der Waals surface area (Å²) < 4.78 is 5.72. The van der Waals surface area contributed by atoms with E-state index in [9.17, 15) is 9.59 Å². The standard InChI is InChI=1S/C19H21N3O3/c1-21(2)17(23)12-25-16-11-7-5-9-14(16)18-20-19(24)13-8-4-6-10-15(13)22(18)3/h4-11,18H,12H2,1-3H3,(H,20,24). The average molecular weight is 339 g/mol. The molecule has 0 saturated heterocycles. The van der Waals surface area contributed by atoms with Crippen molar-refractivity contribution in [3.63, 3.8) is 0 Å². The van der Waals surface area contributed by atoms with Crippen molar-refractivity contribution in [1.29, 1.82) is 0 Å². The lowest BCUT2D eigenvalue weighted by atomic mass is 10.0. The Morgan fingerprint density at radius 2 is 1.84 bits per heavy atom. The van der Waals surface area contributed by atoms with Crippen LogP contribution >= 0.6 is 0 Å². The third-order valence-corrected chi connectivity index (χ3v) is 4.25.